The van der Waals surface area contributed by atoms with Gasteiger partial charge in [0.1, 0.15) is 5.01 Å². The molecular weight excluding hydrogens is 216 g/mol. The van der Waals surface area contributed by atoms with Crippen molar-refractivity contribution >= 4 is 11.3 Å². The van der Waals surface area contributed by atoms with Crippen LogP contribution < -0.4 is 5.32 Å². The number of nitrogens with zero attached hydrogens (tertiary/aromatic N) is 1. The number of rotatable bonds is 3. The molecule has 2 nitrogen and oxygen atoms in total. The van der Waals surface area contributed by atoms with Crippen molar-refractivity contribution in [2.45, 2.75) is 59.0 Å². The van der Waals surface area contributed by atoms with Crippen LogP contribution in [0.1, 0.15) is 55.6 Å². The van der Waals surface area contributed by atoms with E-state index in [0.717, 1.165) is 12.5 Å². The first-order valence-electron chi connectivity index (χ1n) is 6.28. The van der Waals surface area contributed by atoms with E-state index < -0.39 is 0 Å². The van der Waals surface area contributed by atoms with E-state index in [9.17, 15) is 0 Å². The molecule has 1 aliphatic carbocycles. The van der Waals surface area contributed by atoms with E-state index >= 15 is 0 Å². The van der Waals surface area contributed by atoms with Crippen LogP contribution in [0.25, 0.3) is 0 Å². The van der Waals surface area contributed by atoms with Gasteiger partial charge in [-0.05, 0) is 24.7 Å². The third-order valence-corrected chi connectivity index (χ3v) is 4.51. The van der Waals surface area contributed by atoms with Gasteiger partial charge >= 0.3 is 0 Å². The Morgan fingerprint density at radius 1 is 1.44 bits per heavy atom. The van der Waals surface area contributed by atoms with Gasteiger partial charge in [0.25, 0.3) is 0 Å². The van der Waals surface area contributed by atoms with Gasteiger partial charge < -0.3 is 5.32 Å². The molecule has 2 unspecified atom stereocenters. The Bertz CT molecular complexity index is 357. The van der Waals surface area contributed by atoms with E-state index in [0.29, 0.717) is 12.0 Å². The van der Waals surface area contributed by atoms with Crippen LogP contribution in [0.3, 0.4) is 0 Å². The summed E-state index contributed by atoms with van der Waals surface area (Å²) in [6, 6.07) is 0.539. The highest BCUT2D eigenvalue weighted by atomic mass is 32.1. The molecule has 16 heavy (non-hydrogen) atoms. The van der Waals surface area contributed by atoms with Gasteiger partial charge in [-0.15, -0.1) is 11.3 Å². The lowest BCUT2D eigenvalue weighted by atomic mass is 9.86. The van der Waals surface area contributed by atoms with Crippen LogP contribution in [0.15, 0.2) is 0 Å². The second kappa shape index (κ2) is 4.84. The van der Waals surface area contributed by atoms with Crippen molar-refractivity contribution in [1.29, 1.82) is 0 Å². The van der Waals surface area contributed by atoms with Crippen LogP contribution in [0.5, 0.6) is 0 Å². The molecule has 1 aromatic heterocycles. The summed E-state index contributed by atoms with van der Waals surface area (Å²) in [5, 5.41) is 4.71. The van der Waals surface area contributed by atoms with E-state index in [-0.39, 0.29) is 0 Å². The van der Waals surface area contributed by atoms with E-state index in [2.05, 4.69) is 33.0 Å². The zero-order valence-corrected chi connectivity index (χ0v) is 11.5. The minimum absolute atomic E-state index is 0.539. The van der Waals surface area contributed by atoms with Gasteiger partial charge in [0.05, 0.1) is 5.69 Å². The maximum atomic E-state index is 4.78. The van der Waals surface area contributed by atoms with Crippen LogP contribution in [0, 0.1) is 5.92 Å². The van der Waals surface area contributed by atoms with Gasteiger partial charge in [-0.1, -0.05) is 27.7 Å². The molecule has 90 valence electrons. The lowest BCUT2D eigenvalue weighted by Gasteiger charge is -2.22. The molecule has 0 radical (unpaired) electrons. The normalized spacial score (nSPS) is 24.8. The minimum atomic E-state index is 0.539. The molecule has 0 aliphatic heterocycles. The number of aromatic nitrogens is 1. The van der Waals surface area contributed by atoms with Crippen molar-refractivity contribution in [2.24, 2.45) is 5.92 Å². The first kappa shape index (κ1) is 12.1. The monoisotopic (exact) mass is 238 g/mol. The van der Waals surface area contributed by atoms with Crippen molar-refractivity contribution in [3.05, 3.63) is 15.6 Å². The standard InChI is InChI=1S/C13H22N2S/c1-8(2)14-7-12-15-11-6-9(3)5-10(4)13(11)16-12/h8-10,14H,5-7H2,1-4H3. The number of fused-ring (bicyclic) bond motifs is 1. The highest BCUT2D eigenvalue weighted by Gasteiger charge is 2.25. The van der Waals surface area contributed by atoms with Gasteiger partial charge in [0.2, 0.25) is 0 Å². The Hall–Kier alpha value is -0.410. The number of nitrogens with one attached hydrogen (secondary N) is 1. The first-order valence-corrected chi connectivity index (χ1v) is 7.09. The molecule has 0 amide bonds. The summed E-state index contributed by atoms with van der Waals surface area (Å²) in [6.45, 7) is 9.96. The molecule has 1 heterocycles. The van der Waals surface area contributed by atoms with Gasteiger partial charge in [-0.3, -0.25) is 0 Å². The Morgan fingerprint density at radius 2 is 2.19 bits per heavy atom. The topological polar surface area (TPSA) is 24.9 Å². The van der Waals surface area contributed by atoms with Gasteiger partial charge in [-0.25, -0.2) is 4.98 Å². The van der Waals surface area contributed by atoms with E-state index in [1.807, 2.05) is 11.3 Å². The summed E-state index contributed by atoms with van der Waals surface area (Å²) in [6.07, 6.45) is 2.50. The molecule has 2 rings (SSSR count). The van der Waals surface area contributed by atoms with Crippen molar-refractivity contribution < 1.29 is 0 Å². The molecule has 0 spiro atoms. The lowest BCUT2D eigenvalue weighted by molar-refractivity contribution is 0.449. The van der Waals surface area contributed by atoms with Crippen LogP contribution >= 0.6 is 11.3 Å². The minimum Gasteiger partial charge on any atom is -0.308 e. The summed E-state index contributed by atoms with van der Waals surface area (Å²) in [4.78, 5) is 6.32. The van der Waals surface area contributed by atoms with Crippen molar-refractivity contribution in [2.75, 3.05) is 0 Å². The Morgan fingerprint density at radius 3 is 2.88 bits per heavy atom. The molecule has 0 fully saturated rings. The van der Waals surface area contributed by atoms with Crippen molar-refractivity contribution in [3.63, 3.8) is 0 Å². The molecule has 1 aromatic rings. The maximum absolute atomic E-state index is 4.78. The second-order valence-electron chi connectivity index (χ2n) is 5.40. The molecule has 0 aromatic carbocycles. The summed E-state index contributed by atoms with van der Waals surface area (Å²) in [5.41, 5.74) is 1.37. The van der Waals surface area contributed by atoms with Crippen LogP contribution in [0.2, 0.25) is 0 Å². The summed E-state index contributed by atoms with van der Waals surface area (Å²) in [7, 11) is 0. The average molecular weight is 238 g/mol. The first-order chi connectivity index (χ1) is 7.56. The molecule has 1 aliphatic rings. The molecule has 3 heteroatoms. The van der Waals surface area contributed by atoms with Crippen molar-refractivity contribution in [3.8, 4) is 0 Å². The fraction of sp³-hybridized carbons (Fsp3) is 0.769. The maximum Gasteiger partial charge on any atom is 0.107 e. The fourth-order valence-corrected chi connectivity index (χ4v) is 3.55. The van der Waals surface area contributed by atoms with Gasteiger partial charge in [-0.2, -0.15) is 0 Å². The zero-order valence-electron chi connectivity index (χ0n) is 10.7. The molecular formula is C13H22N2S. The third kappa shape index (κ3) is 2.64. The number of thiazole rings is 1. The SMILES string of the molecule is CC1Cc2nc(CNC(C)C)sc2C(C)C1. The molecule has 1 N–H and O–H groups in total. The Labute approximate surface area is 102 Å². The van der Waals surface area contributed by atoms with Gasteiger partial charge in [0.15, 0.2) is 0 Å². The smallest absolute Gasteiger partial charge is 0.107 e. The van der Waals surface area contributed by atoms with E-state index in [1.165, 1.54) is 23.5 Å². The molecule has 0 bridgehead atoms. The Kier molecular flexibility index (Phi) is 3.65. The second-order valence-corrected chi connectivity index (χ2v) is 6.52. The predicted octanol–water partition coefficient (Wildman–Crippen LogP) is 3.33. The van der Waals surface area contributed by atoms with Crippen LogP contribution in [-0.4, -0.2) is 11.0 Å². The van der Waals surface area contributed by atoms with Gasteiger partial charge in [0, 0.05) is 17.5 Å². The molecule has 2 atom stereocenters. The lowest BCUT2D eigenvalue weighted by Crippen LogP contribution is -2.21. The van der Waals surface area contributed by atoms with Crippen LogP contribution in [-0.2, 0) is 13.0 Å². The number of hydrogen-bond acceptors (Lipinski definition) is 3. The fourth-order valence-electron chi connectivity index (χ4n) is 2.44. The summed E-state index contributed by atoms with van der Waals surface area (Å²) < 4.78 is 0. The average Bonchev–Trinajstić information content (AvgIpc) is 2.57. The van der Waals surface area contributed by atoms with Crippen LogP contribution in [0.4, 0.5) is 0 Å². The summed E-state index contributed by atoms with van der Waals surface area (Å²) >= 11 is 1.91. The largest absolute Gasteiger partial charge is 0.308 e. The molecule has 0 saturated carbocycles. The van der Waals surface area contributed by atoms with E-state index in [1.54, 1.807) is 4.88 Å². The Balaban J connectivity index is 2.10. The highest BCUT2D eigenvalue weighted by Crippen LogP contribution is 2.37. The predicted molar refractivity (Wildman–Crippen MR) is 70.0 cm³/mol. The summed E-state index contributed by atoms with van der Waals surface area (Å²) in [5.74, 6) is 1.51. The molecule has 0 saturated heterocycles. The van der Waals surface area contributed by atoms with E-state index in [4.69, 9.17) is 4.98 Å². The zero-order chi connectivity index (χ0) is 11.7. The van der Waals surface area contributed by atoms with Crippen molar-refractivity contribution in [1.82, 2.24) is 10.3 Å². The quantitative estimate of drug-likeness (QED) is 0.873. The number of hydrogen-bond donors (Lipinski definition) is 1. The third-order valence-electron chi connectivity index (χ3n) is 3.18. The highest BCUT2D eigenvalue weighted by molar-refractivity contribution is 7.11.